The molecule has 2 heterocycles. The minimum absolute atomic E-state index is 0.0194. The van der Waals surface area contributed by atoms with E-state index in [-0.39, 0.29) is 22.9 Å². The van der Waals surface area contributed by atoms with Crippen LogP contribution in [0, 0.1) is 10.8 Å². The monoisotopic (exact) mass is 304 g/mol. The van der Waals surface area contributed by atoms with Gasteiger partial charge in [0.25, 0.3) is 0 Å². The van der Waals surface area contributed by atoms with Crippen LogP contribution in [-0.2, 0) is 9.59 Å². The molecule has 2 aliphatic carbocycles. The van der Waals surface area contributed by atoms with Gasteiger partial charge in [0, 0.05) is 24.8 Å². The van der Waals surface area contributed by atoms with Crippen LogP contribution in [0.15, 0.2) is 0 Å². The van der Waals surface area contributed by atoms with Crippen molar-refractivity contribution >= 4 is 11.8 Å². The Kier molecular flexibility index (Phi) is 3.46. The van der Waals surface area contributed by atoms with Crippen molar-refractivity contribution in [1.82, 2.24) is 10.2 Å². The maximum atomic E-state index is 12.7. The standard InChI is InChI=1S/C18H28N2O2/c21-14-11-18(9-5-2-6-10-18)16(19-14)20-13-17(12-15(20)22)7-3-1-4-8-17/h16H,1-13H2,(H,19,21). The molecule has 1 N–H and O–H groups in total. The number of amides is 2. The molecule has 4 heteroatoms. The molecule has 122 valence electrons. The molecule has 22 heavy (non-hydrogen) atoms. The SMILES string of the molecule is O=C1CC2(CCCCC2)C(N2CC3(CCCCC3)CC2=O)N1. The summed E-state index contributed by atoms with van der Waals surface area (Å²) in [6.45, 7) is 0.887. The first kappa shape index (κ1) is 14.5. The summed E-state index contributed by atoms with van der Waals surface area (Å²) in [5.74, 6) is 0.448. The van der Waals surface area contributed by atoms with Gasteiger partial charge in [-0.1, -0.05) is 38.5 Å². The summed E-state index contributed by atoms with van der Waals surface area (Å²) in [6, 6.07) is 0. The number of rotatable bonds is 1. The molecule has 0 aromatic carbocycles. The molecular weight excluding hydrogens is 276 g/mol. The molecule has 2 spiro atoms. The van der Waals surface area contributed by atoms with Gasteiger partial charge >= 0.3 is 0 Å². The first-order valence-corrected chi connectivity index (χ1v) is 9.22. The fourth-order valence-electron chi connectivity index (χ4n) is 5.69. The molecule has 2 saturated carbocycles. The highest BCUT2D eigenvalue weighted by atomic mass is 16.2. The van der Waals surface area contributed by atoms with Crippen molar-refractivity contribution in [2.24, 2.45) is 10.8 Å². The number of likely N-dealkylation sites (tertiary alicyclic amines) is 1. The van der Waals surface area contributed by atoms with Gasteiger partial charge in [0.2, 0.25) is 11.8 Å². The van der Waals surface area contributed by atoms with Crippen LogP contribution in [0.25, 0.3) is 0 Å². The Hall–Kier alpha value is -1.06. The zero-order valence-electron chi connectivity index (χ0n) is 13.5. The van der Waals surface area contributed by atoms with Crippen LogP contribution in [0.2, 0.25) is 0 Å². The Bertz CT molecular complexity index is 475. The van der Waals surface area contributed by atoms with Gasteiger partial charge in [0.1, 0.15) is 6.17 Å². The Morgan fingerprint density at radius 1 is 0.864 bits per heavy atom. The van der Waals surface area contributed by atoms with Crippen LogP contribution in [0.5, 0.6) is 0 Å². The van der Waals surface area contributed by atoms with E-state index in [9.17, 15) is 9.59 Å². The summed E-state index contributed by atoms with van der Waals surface area (Å²) < 4.78 is 0. The molecule has 4 aliphatic rings. The van der Waals surface area contributed by atoms with Gasteiger partial charge in [0.05, 0.1) is 0 Å². The van der Waals surface area contributed by atoms with Crippen molar-refractivity contribution in [2.75, 3.05) is 6.54 Å². The minimum atomic E-state index is -0.0194. The summed E-state index contributed by atoms with van der Waals surface area (Å²) in [5.41, 5.74) is 0.254. The molecule has 4 fully saturated rings. The van der Waals surface area contributed by atoms with E-state index in [4.69, 9.17) is 0 Å². The third-order valence-electron chi connectivity index (χ3n) is 6.82. The van der Waals surface area contributed by atoms with Crippen molar-refractivity contribution in [3.8, 4) is 0 Å². The van der Waals surface area contributed by atoms with E-state index in [0.717, 1.165) is 25.8 Å². The van der Waals surface area contributed by atoms with Gasteiger partial charge in [0.15, 0.2) is 0 Å². The van der Waals surface area contributed by atoms with E-state index >= 15 is 0 Å². The first-order chi connectivity index (χ1) is 10.6. The molecular formula is C18H28N2O2. The molecule has 2 amide bonds. The van der Waals surface area contributed by atoms with E-state index in [2.05, 4.69) is 10.2 Å². The second-order valence-corrected chi connectivity index (χ2v) is 8.33. The van der Waals surface area contributed by atoms with Crippen molar-refractivity contribution in [3.05, 3.63) is 0 Å². The van der Waals surface area contributed by atoms with Crippen molar-refractivity contribution in [2.45, 2.75) is 83.2 Å². The fraction of sp³-hybridized carbons (Fsp3) is 0.889. The molecule has 0 aromatic rings. The van der Waals surface area contributed by atoms with E-state index < -0.39 is 0 Å². The molecule has 0 aromatic heterocycles. The number of carbonyl (C=O) groups excluding carboxylic acids is 2. The Balaban J connectivity index is 1.57. The molecule has 1 unspecified atom stereocenters. The summed E-state index contributed by atoms with van der Waals surface area (Å²) in [5, 5.41) is 3.17. The lowest BCUT2D eigenvalue weighted by molar-refractivity contribution is -0.133. The van der Waals surface area contributed by atoms with Crippen LogP contribution in [0.4, 0.5) is 0 Å². The average Bonchev–Trinajstić information content (AvgIpc) is 2.98. The largest absolute Gasteiger partial charge is 0.335 e. The second-order valence-electron chi connectivity index (χ2n) is 8.33. The van der Waals surface area contributed by atoms with E-state index in [1.54, 1.807) is 0 Å². The molecule has 4 rings (SSSR count). The quantitative estimate of drug-likeness (QED) is 0.809. The van der Waals surface area contributed by atoms with Crippen molar-refractivity contribution < 1.29 is 9.59 Å². The first-order valence-electron chi connectivity index (χ1n) is 9.22. The van der Waals surface area contributed by atoms with E-state index in [1.165, 1.54) is 51.4 Å². The third-order valence-corrected chi connectivity index (χ3v) is 6.82. The van der Waals surface area contributed by atoms with Crippen molar-refractivity contribution in [1.29, 1.82) is 0 Å². The average molecular weight is 304 g/mol. The fourth-order valence-corrected chi connectivity index (χ4v) is 5.69. The topological polar surface area (TPSA) is 49.4 Å². The maximum Gasteiger partial charge on any atom is 0.224 e. The molecule has 2 saturated heterocycles. The van der Waals surface area contributed by atoms with Gasteiger partial charge < -0.3 is 10.2 Å². The molecule has 0 bridgehead atoms. The molecule has 1 atom stereocenters. The van der Waals surface area contributed by atoms with E-state index in [1.807, 2.05) is 0 Å². The van der Waals surface area contributed by atoms with Crippen LogP contribution in [0.1, 0.15) is 77.0 Å². The second kappa shape index (κ2) is 5.24. The van der Waals surface area contributed by atoms with Gasteiger partial charge in [-0.3, -0.25) is 9.59 Å². The van der Waals surface area contributed by atoms with Crippen LogP contribution < -0.4 is 5.32 Å². The highest BCUT2D eigenvalue weighted by Gasteiger charge is 2.55. The maximum absolute atomic E-state index is 12.7. The number of hydrogen-bond acceptors (Lipinski definition) is 2. The summed E-state index contributed by atoms with van der Waals surface area (Å²) >= 11 is 0. The van der Waals surface area contributed by atoms with E-state index in [0.29, 0.717) is 12.3 Å². The zero-order chi connectivity index (χ0) is 15.2. The predicted molar refractivity (Wildman–Crippen MR) is 83.9 cm³/mol. The predicted octanol–water partition coefficient (Wildman–Crippen LogP) is 2.97. The normalized spacial score (nSPS) is 33.6. The highest BCUT2D eigenvalue weighted by Crippen LogP contribution is 2.50. The van der Waals surface area contributed by atoms with Gasteiger partial charge in [-0.05, 0) is 31.1 Å². The van der Waals surface area contributed by atoms with Crippen molar-refractivity contribution in [3.63, 3.8) is 0 Å². The summed E-state index contributed by atoms with van der Waals surface area (Å²) in [4.78, 5) is 26.9. The number of hydrogen-bond donors (Lipinski definition) is 1. The number of nitrogens with one attached hydrogen (secondary N) is 1. The van der Waals surface area contributed by atoms with Crippen LogP contribution in [-0.4, -0.2) is 29.4 Å². The smallest absolute Gasteiger partial charge is 0.224 e. The lowest BCUT2D eigenvalue weighted by Crippen LogP contribution is -2.53. The summed E-state index contributed by atoms with van der Waals surface area (Å²) in [7, 11) is 0. The highest BCUT2D eigenvalue weighted by molar-refractivity contribution is 5.84. The van der Waals surface area contributed by atoms with Gasteiger partial charge in [-0.15, -0.1) is 0 Å². The van der Waals surface area contributed by atoms with Crippen LogP contribution >= 0.6 is 0 Å². The molecule has 0 radical (unpaired) electrons. The third kappa shape index (κ3) is 2.26. The Morgan fingerprint density at radius 2 is 1.50 bits per heavy atom. The van der Waals surface area contributed by atoms with Gasteiger partial charge in [-0.25, -0.2) is 0 Å². The lowest BCUT2D eigenvalue weighted by atomic mass is 9.70. The summed E-state index contributed by atoms with van der Waals surface area (Å²) in [6.07, 6.45) is 13.5. The Labute approximate surface area is 133 Å². The lowest BCUT2D eigenvalue weighted by Gasteiger charge is -2.42. The van der Waals surface area contributed by atoms with Gasteiger partial charge in [-0.2, -0.15) is 0 Å². The zero-order valence-corrected chi connectivity index (χ0v) is 13.5. The minimum Gasteiger partial charge on any atom is -0.335 e. The Morgan fingerprint density at radius 3 is 2.18 bits per heavy atom. The molecule has 4 nitrogen and oxygen atoms in total. The molecule has 2 aliphatic heterocycles. The number of carbonyl (C=O) groups is 2. The number of nitrogens with zero attached hydrogens (tertiary/aromatic N) is 1. The van der Waals surface area contributed by atoms with Crippen LogP contribution in [0.3, 0.4) is 0 Å².